The Morgan fingerprint density at radius 2 is 2.31 bits per heavy atom. The topological polar surface area (TPSA) is 49.3 Å². The van der Waals surface area contributed by atoms with Crippen LogP contribution in [0.4, 0.5) is 5.69 Å². The second-order valence-corrected chi connectivity index (χ2v) is 4.20. The van der Waals surface area contributed by atoms with Crippen LogP contribution < -0.4 is 5.32 Å². The number of benzene rings is 1. The molecule has 0 radical (unpaired) electrons. The minimum absolute atomic E-state index is 0.287. The van der Waals surface area contributed by atoms with E-state index in [1.807, 2.05) is 25.1 Å². The van der Waals surface area contributed by atoms with Crippen molar-refractivity contribution in [3.05, 3.63) is 40.4 Å². The van der Waals surface area contributed by atoms with Crippen molar-refractivity contribution in [2.45, 2.75) is 13.3 Å². The van der Waals surface area contributed by atoms with Crippen LogP contribution in [0.5, 0.6) is 0 Å². The Kier molecular flexibility index (Phi) is 5.05. The summed E-state index contributed by atoms with van der Waals surface area (Å²) in [6.45, 7) is 2.69. The Morgan fingerprint density at radius 1 is 1.56 bits per heavy atom. The fourth-order valence-electron chi connectivity index (χ4n) is 1.30. The molecule has 2 N–H and O–H groups in total. The lowest BCUT2D eigenvalue weighted by molar-refractivity contribution is 0.0698. The number of rotatable bonds is 5. The standard InChI is InChI=1S/C12H14BrNO2/c1-2-3-4-7-14-11-6-5-9(13)8-10(11)12(15)16/h2-3,5-6,8,14H,4,7H2,1H3,(H,15,16)/b3-2+. The molecule has 0 aliphatic heterocycles. The van der Waals surface area contributed by atoms with Crippen LogP contribution in [0.15, 0.2) is 34.8 Å². The van der Waals surface area contributed by atoms with Crippen LogP contribution in [0.1, 0.15) is 23.7 Å². The van der Waals surface area contributed by atoms with Crippen molar-refractivity contribution in [3.63, 3.8) is 0 Å². The summed E-state index contributed by atoms with van der Waals surface area (Å²) in [5, 5.41) is 12.1. The third-order valence-electron chi connectivity index (χ3n) is 2.07. The summed E-state index contributed by atoms with van der Waals surface area (Å²) in [5.74, 6) is -0.921. The van der Waals surface area contributed by atoms with E-state index in [1.165, 1.54) is 0 Å². The average Bonchev–Trinajstić information content (AvgIpc) is 2.26. The fraction of sp³-hybridized carbons (Fsp3) is 0.250. The SMILES string of the molecule is C/C=C/CCNc1ccc(Br)cc1C(=O)O. The van der Waals surface area contributed by atoms with E-state index in [9.17, 15) is 4.79 Å². The Morgan fingerprint density at radius 3 is 2.94 bits per heavy atom. The van der Waals surface area contributed by atoms with Crippen LogP contribution in [0.25, 0.3) is 0 Å². The number of carboxylic acids is 1. The minimum Gasteiger partial charge on any atom is -0.478 e. The summed E-state index contributed by atoms with van der Waals surface area (Å²) in [6, 6.07) is 5.19. The maximum Gasteiger partial charge on any atom is 0.337 e. The van der Waals surface area contributed by atoms with E-state index in [0.29, 0.717) is 5.69 Å². The first-order chi connectivity index (χ1) is 7.65. The number of hydrogen-bond donors (Lipinski definition) is 2. The quantitative estimate of drug-likeness (QED) is 0.642. The summed E-state index contributed by atoms with van der Waals surface area (Å²) in [5.41, 5.74) is 0.940. The first kappa shape index (κ1) is 12.8. The van der Waals surface area contributed by atoms with Gasteiger partial charge in [0.2, 0.25) is 0 Å². The normalized spacial score (nSPS) is 10.6. The molecule has 0 unspecified atom stereocenters. The smallest absolute Gasteiger partial charge is 0.337 e. The van der Waals surface area contributed by atoms with Gasteiger partial charge in [0.1, 0.15) is 0 Å². The van der Waals surface area contributed by atoms with Gasteiger partial charge < -0.3 is 10.4 Å². The maximum absolute atomic E-state index is 11.0. The summed E-state index contributed by atoms with van der Waals surface area (Å²) in [7, 11) is 0. The van der Waals surface area contributed by atoms with Crippen molar-refractivity contribution in [2.75, 3.05) is 11.9 Å². The Balaban J connectivity index is 2.75. The molecule has 3 nitrogen and oxygen atoms in total. The van der Waals surface area contributed by atoms with Crippen LogP contribution in [-0.4, -0.2) is 17.6 Å². The highest BCUT2D eigenvalue weighted by Gasteiger charge is 2.09. The van der Waals surface area contributed by atoms with E-state index in [0.717, 1.165) is 17.4 Å². The van der Waals surface area contributed by atoms with E-state index < -0.39 is 5.97 Å². The molecule has 0 fully saturated rings. The predicted octanol–water partition coefficient (Wildman–Crippen LogP) is 3.53. The first-order valence-corrected chi connectivity index (χ1v) is 5.82. The van der Waals surface area contributed by atoms with E-state index >= 15 is 0 Å². The molecular formula is C12H14BrNO2. The van der Waals surface area contributed by atoms with Gasteiger partial charge in [0.15, 0.2) is 0 Å². The van der Waals surface area contributed by atoms with E-state index in [1.54, 1.807) is 12.1 Å². The number of nitrogens with one attached hydrogen (secondary N) is 1. The van der Waals surface area contributed by atoms with Gasteiger partial charge in [-0.3, -0.25) is 0 Å². The van der Waals surface area contributed by atoms with Crippen molar-refractivity contribution in [2.24, 2.45) is 0 Å². The second kappa shape index (κ2) is 6.33. The van der Waals surface area contributed by atoms with Crippen LogP contribution in [0, 0.1) is 0 Å². The molecule has 0 saturated carbocycles. The number of aromatic carboxylic acids is 1. The fourth-order valence-corrected chi connectivity index (χ4v) is 1.67. The molecule has 0 aliphatic carbocycles. The molecule has 16 heavy (non-hydrogen) atoms. The third kappa shape index (κ3) is 3.70. The number of hydrogen-bond acceptors (Lipinski definition) is 2. The zero-order valence-corrected chi connectivity index (χ0v) is 10.6. The van der Waals surface area contributed by atoms with Crippen LogP contribution in [0.3, 0.4) is 0 Å². The van der Waals surface area contributed by atoms with Crippen molar-refractivity contribution in [1.29, 1.82) is 0 Å². The second-order valence-electron chi connectivity index (χ2n) is 3.28. The van der Waals surface area contributed by atoms with Gasteiger partial charge in [-0.05, 0) is 31.5 Å². The number of halogens is 1. The van der Waals surface area contributed by atoms with Gasteiger partial charge in [-0.25, -0.2) is 4.79 Å². The highest BCUT2D eigenvalue weighted by molar-refractivity contribution is 9.10. The van der Waals surface area contributed by atoms with Gasteiger partial charge in [0.05, 0.1) is 5.56 Å². The molecule has 0 bridgehead atoms. The van der Waals surface area contributed by atoms with E-state index in [-0.39, 0.29) is 5.56 Å². The molecule has 0 heterocycles. The van der Waals surface area contributed by atoms with E-state index in [2.05, 4.69) is 21.2 Å². The Hall–Kier alpha value is -1.29. The van der Waals surface area contributed by atoms with E-state index in [4.69, 9.17) is 5.11 Å². The Labute approximate surface area is 103 Å². The summed E-state index contributed by atoms with van der Waals surface area (Å²) < 4.78 is 0.768. The molecular weight excluding hydrogens is 270 g/mol. The molecule has 0 saturated heterocycles. The van der Waals surface area contributed by atoms with Crippen LogP contribution in [0.2, 0.25) is 0 Å². The van der Waals surface area contributed by atoms with Crippen molar-refractivity contribution < 1.29 is 9.90 Å². The highest BCUT2D eigenvalue weighted by atomic mass is 79.9. The first-order valence-electron chi connectivity index (χ1n) is 5.03. The van der Waals surface area contributed by atoms with Gasteiger partial charge in [-0.1, -0.05) is 28.1 Å². The van der Waals surface area contributed by atoms with Gasteiger partial charge in [-0.2, -0.15) is 0 Å². The van der Waals surface area contributed by atoms with Crippen molar-refractivity contribution >= 4 is 27.6 Å². The predicted molar refractivity (Wildman–Crippen MR) is 69.0 cm³/mol. The lowest BCUT2D eigenvalue weighted by Gasteiger charge is -2.08. The molecule has 0 aliphatic rings. The molecule has 4 heteroatoms. The van der Waals surface area contributed by atoms with Crippen molar-refractivity contribution in [3.8, 4) is 0 Å². The van der Waals surface area contributed by atoms with Crippen LogP contribution >= 0.6 is 15.9 Å². The average molecular weight is 284 g/mol. The number of carboxylic acid groups (broad SMARTS) is 1. The lowest BCUT2D eigenvalue weighted by Crippen LogP contribution is -2.07. The summed E-state index contributed by atoms with van der Waals surface area (Å²) in [4.78, 5) is 11.0. The van der Waals surface area contributed by atoms with Gasteiger partial charge in [-0.15, -0.1) is 0 Å². The van der Waals surface area contributed by atoms with Gasteiger partial charge >= 0.3 is 5.97 Å². The summed E-state index contributed by atoms with van der Waals surface area (Å²) in [6.07, 6.45) is 4.89. The highest BCUT2D eigenvalue weighted by Crippen LogP contribution is 2.21. The molecule has 0 spiro atoms. The minimum atomic E-state index is -0.921. The number of allylic oxidation sites excluding steroid dienone is 1. The zero-order chi connectivity index (χ0) is 12.0. The molecule has 0 atom stereocenters. The molecule has 1 aromatic carbocycles. The molecule has 1 rings (SSSR count). The van der Waals surface area contributed by atoms with Gasteiger partial charge in [0.25, 0.3) is 0 Å². The van der Waals surface area contributed by atoms with Crippen molar-refractivity contribution in [1.82, 2.24) is 0 Å². The zero-order valence-electron chi connectivity index (χ0n) is 9.03. The number of anilines is 1. The van der Waals surface area contributed by atoms with Gasteiger partial charge in [0, 0.05) is 16.7 Å². The molecule has 0 aromatic heterocycles. The Bertz CT molecular complexity index is 402. The largest absolute Gasteiger partial charge is 0.478 e. The number of carbonyl (C=O) groups is 1. The molecule has 86 valence electrons. The summed E-state index contributed by atoms with van der Waals surface area (Å²) >= 11 is 3.26. The monoisotopic (exact) mass is 283 g/mol. The third-order valence-corrected chi connectivity index (χ3v) is 2.57. The maximum atomic E-state index is 11.0. The lowest BCUT2D eigenvalue weighted by atomic mass is 10.2. The molecule has 1 aromatic rings. The molecule has 0 amide bonds. The van der Waals surface area contributed by atoms with Crippen LogP contribution in [-0.2, 0) is 0 Å².